The van der Waals surface area contributed by atoms with Crippen LogP contribution in [0.1, 0.15) is 16.1 Å². The number of amides is 1. The summed E-state index contributed by atoms with van der Waals surface area (Å²) in [6, 6.07) is 11.2. The maximum atomic E-state index is 11.0. The SMILES string of the molecule is NC(=O)c1cc(COc2cccc(I)c2)ccn1. The highest BCUT2D eigenvalue weighted by Gasteiger charge is 2.03. The normalized spacial score (nSPS) is 10.1. The largest absolute Gasteiger partial charge is 0.489 e. The first kappa shape index (κ1) is 12.8. The number of pyridine rings is 1. The third-order valence-electron chi connectivity index (χ3n) is 2.28. The molecule has 0 saturated carbocycles. The molecule has 18 heavy (non-hydrogen) atoms. The highest BCUT2D eigenvalue weighted by molar-refractivity contribution is 14.1. The van der Waals surface area contributed by atoms with Crippen LogP contribution in [-0.4, -0.2) is 10.9 Å². The first-order valence-corrected chi connectivity index (χ1v) is 6.36. The topological polar surface area (TPSA) is 65.2 Å². The van der Waals surface area contributed by atoms with E-state index in [0.717, 1.165) is 14.9 Å². The Kier molecular flexibility index (Phi) is 4.14. The van der Waals surface area contributed by atoms with E-state index in [1.807, 2.05) is 24.3 Å². The van der Waals surface area contributed by atoms with Crippen LogP contribution in [0.3, 0.4) is 0 Å². The summed E-state index contributed by atoms with van der Waals surface area (Å²) in [5.74, 6) is 0.255. The number of hydrogen-bond donors (Lipinski definition) is 1. The first-order valence-electron chi connectivity index (χ1n) is 5.28. The summed E-state index contributed by atoms with van der Waals surface area (Å²) >= 11 is 2.22. The zero-order valence-electron chi connectivity index (χ0n) is 9.47. The molecule has 1 aromatic heterocycles. The van der Waals surface area contributed by atoms with Crippen LogP contribution in [0.25, 0.3) is 0 Å². The van der Waals surface area contributed by atoms with Gasteiger partial charge in [0.15, 0.2) is 0 Å². The Morgan fingerprint density at radius 1 is 1.33 bits per heavy atom. The average molecular weight is 354 g/mol. The number of carbonyl (C=O) groups excluding carboxylic acids is 1. The van der Waals surface area contributed by atoms with Crippen molar-refractivity contribution in [1.82, 2.24) is 4.98 Å². The van der Waals surface area contributed by atoms with Crippen molar-refractivity contribution in [3.63, 3.8) is 0 Å². The van der Waals surface area contributed by atoms with Crippen LogP contribution < -0.4 is 10.5 Å². The van der Waals surface area contributed by atoms with E-state index in [2.05, 4.69) is 27.6 Å². The van der Waals surface area contributed by atoms with Gasteiger partial charge < -0.3 is 10.5 Å². The third-order valence-corrected chi connectivity index (χ3v) is 2.95. The number of nitrogens with two attached hydrogens (primary N) is 1. The lowest BCUT2D eigenvalue weighted by atomic mass is 10.2. The Bertz CT molecular complexity index is 572. The van der Waals surface area contributed by atoms with E-state index in [1.165, 1.54) is 0 Å². The predicted molar refractivity (Wildman–Crippen MR) is 76.2 cm³/mol. The lowest BCUT2D eigenvalue weighted by molar-refractivity contribution is 0.0995. The molecule has 5 heteroatoms. The molecule has 0 atom stereocenters. The minimum Gasteiger partial charge on any atom is -0.489 e. The van der Waals surface area contributed by atoms with E-state index in [0.29, 0.717) is 6.61 Å². The fraction of sp³-hybridized carbons (Fsp3) is 0.0769. The van der Waals surface area contributed by atoms with Gasteiger partial charge in [-0.3, -0.25) is 9.78 Å². The van der Waals surface area contributed by atoms with E-state index in [4.69, 9.17) is 10.5 Å². The Morgan fingerprint density at radius 2 is 2.17 bits per heavy atom. The number of halogens is 1. The van der Waals surface area contributed by atoms with Gasteiger partial charge in [-0.2, -0.15) is 0 Å². The van der Waals surface area contributed by atoms with Crippen molar-refractivity contribution < 1.29 is 9.53 Å². The van der Waals surface area contributed by atoms with Gasteiger partial charge in [0.25, 0.3) is 5.91 Å². The molecular formula is C13H11IN2O2. The van der Waals surface area contributed by atoms with Crippen LogP contribution >= 0.6 is 22.6 Å². The van der Waals surface area contributed by atoms with Gasteiger partial charge in [-0.25, -0.2) is 0 Å². The Labute approximate surface area is 118 Å². The van der Waals surface area contributed by atoms with Crippen molar-refractivity contribution in [3.8, 4) is 5.75 Å². The molecule has 0 spiro atoms. The molecule has 92 valence electrons. The van der Waals surface area contributed by atoms with Crippen molar-refractivity contribution in [1.29, 1.82) is 0 Å². The van der Waals surface area contributed by atoms with E-state index in [-0.39, 0.29) is 5.69 Å². The molecule has 0 bridgehead atoms. The number of primary amides is 1. The van der Waals surface area contributed by atoms with Gasteiger partial charge in [0, 0.05) is 9.77 Å². The van der Waals surface area contributed by atoms with Gasteiger partial charge >= 0.3 is 0 Å². The second kappa shape index (κ2) is 5.81. The molecule has 1 amide bonds. The molecule has 0 aliphatic carbocycles. The van der Waals surface area contributed by atoms with Gasteiger partial charge in [0.1, 0.15) is 18.1 Å². The lowest BCUT2D eigenvalue weighted by Gasteiger charge is -2.07. The molecule has 2 rings (SSSR count). The molecule has 0 aliphatic rings. The number of carbonyl (C=O) groups is 1. The van der Waals surface area contributed by atoms with Crippen molar-refractivity contribution >= 4 is 28.5 Å². The minimum absolute atomic E-state index is 0.249. The molecule has 0 aliphatic heterocycles. The molecule has 2 N–H and O–H groups in total. The minimum atomic E-state index is -0.536. The number of nitrogens with zero attached hydrogens (tertiary/aromatic N) is 1. The van der Waals surface area contributed by atoms with Gasteiger partial charge in [-0.15, -0.1) is 0 Å². The van der Waals surface area contributed by atoms with Gasteiger partial charge in [-0.1, -0.05) is 6.07 Å². The van der Waals surface area contributed by atoms with E-state index < -0.39 is 5.91 Å². The van der Waals surface area contributed by atoms with Crippen LogP contribution in [0.4, 0.5) is 0 Å². The molecule has 2 aromatic rings. The van der Waals surface area contributed by atoms with Gasteiger partial charge in [0.2, 0.25) is 0 Å². The summed E-state index contributed by atoms with van der Waals surface area (Å²) in [7, 11) is 0. The average Bonchev–Trinajstić information content (AvgIpc) is 2.37. The molecular weight excluding hydrogens is 343 g/mol. The zero-order valence-corrected chi connectivity index (χ0v) is 11.6. The van der Waals surface area contributed by atoms with Crippen molar-refractivity contribution in [2.45, 2.75) is 6.61 Å². The molecule has 0 saturated heterocycles. The summed E-state index contributed by atoms with van der Waals surface area (Å²) in [6.07, 6.45) is 1.55. The quantitative estimate of drug-likeness (QED) is 0.858. The standard InChI is InChI=1S/C13H11IN2O2/c14-10-2-1-3-11(7-10)18-8-9-4-5-16-12(6-9)13(15)17/h1-7H,8H2,(H2,15,17). The lowest BCUT2D eigenvalue weighted by Crippen LogP contribution is -2.13. The molecule has 4 nitrogen and oxygen atoms in total. The maximum Gasteiger partial charge on any atom is 0.267 e. The van der Waals surface area contributed by atoms with Crippen LogP contribution in [0.2, 0.25) is 0 Å². The highest BCUT2D eigenvalue weighted by Crippen LogP contribution is 2.16. The zero-order chi connectivity index (χ0) is 13.0. The van der Waals surface area contributed by atoms with Crippen LogP contribution in [0.5, 0.6) is 5.75 Å². The summed E-state index contributed by atoms with van der Waals surface area (Å²) in [4.78, 5) is 14.9. The number of rotatable bonds is 4. The second-order valence-electron chi connectivity index (χ2n) is 3.66. The highest BCUT2D eigenvalue weighted by atomic mass is 127. The Morgan fingerprint density at radius 3 is 2.89 bits per heavy atom. The maximum absolute atomic E-state index is 11.0. The number of benzene rings is 1. The second-order valence-corrected chi connectivity index (χ2v) is 4.91. The van der Waals surface area contributed by atoms with Crippen molar-refractivity contribution in [2.24, 2.45) is 5.73 Å². The smallest absolute Gasteiger partial charge is 0.267 e. The fourth-order valence-electron chi connectivity index (χ4n) is 1.42. The van der Waals surface area contributed by atoms with Crippen LogP contribution in [0.15, 0.2) is 42.6 Å². The van der Waals surface area contributed by atoms with Crippen molar-refractivity contribution in [2.75, 3.05) is 0 Å². The van der Waals surface area contributed by atoms with E-state index in [9.17, 15) is 4.79 Å². The number of ether oxygens (including phenoxy) is 1. The van der Waals surface area contributed by atoms with Crippen LogP contribution in [-0.2, 0) is 6.61 Å². The Balaban J connectivity index is 2.06. The number of hydrogen-bond acceptors (Lipinski definition) is 3. The summed E-state index contributed by atoms with van der Waals surface area (Å²) < 4.78 is 6.73. The van der Waals surface area contributed by atoms with E-state index >= 15 is 0 Å². The Hall–Kier alpha value is -1.63. The number of aromatic nitrogens is 1. The fourth-order valence-corrected chi connectivity index (χ4v) is 1.94. The van der Waals surface area contributed by atoms with Gasteiger partial charge in [0.05, 0.1) is 0 Å². The summed E-state index contributed by atoms with van der Waals surface area (Å²) in [6.45, 7) is 0.378. The summed E-state index contributed by atoms with van der Waals surface area (Å²) in [5, 5.41) is 0. The third kappa shape index (κ3) is 3.43. The molecule has 0 fully saturated rings. The monoisotopic (exact) mass is 354 g/mol. The van der Waals surface area contributed by atoms with E-state index in [1.54, 1.807) is 18.3 Å². The molecule has 0 radical (unpaired) electrons. The molecule has 1 heterocycles. The molecule has 1 aromatic carbocycles. The van der Waals surface area contributed by atoms with Crippen molar-refractivity contribution in [3.05, 3.63) is 57.4 Å². The first-order chi connectivity index (χ1) is 8.65. The van der Waals surface area contributed by atoms with Crippen LogP contribution in [0, 0.1) is 3.57 Å². The molecule has 0 unspecified atom stereocenters. The van der Waals surface area contributed by atoms with Gasteiger partial charge in [-0.05, 0) is 58.5 Å². The summed E-state index contributed by atoms with van der Waals surface area (Å²) in [5.41, 5.74) is 6.27. The predicted octanol–water partition coefficient (Wildman–Crippen LogP) is 2.36.